The second-order valence-electron chi connectivity index (χ2n) is 7.49. The number of ether oxygens (including phenoxy) is 2. The lowest BCUT2D eigenvalue weighted by Gasteiger charge is -2.27. The molecule has 1 amide bonds. The van der Waals surface area contributed by atoms with Crippen LogP contribution in [0.1, 0.15) is 46.6 Å². The number of carbonyl (C=O) groups excluding carboxylic acids is 1. The summed E-state index contributed by atoms with van der Waals surface area (Å²) in [6.45, 7) is 9.48. The molecule has 2 N–H and O–H groups in total. The molecule has 1 aromatic carbocycles. The predicted octanol–water partition coefficient (Wildman–Crippen LogP) is 3.64. The van der Waals surface area contributed by atoms with E-state index in [4.69, 9.17) is 9.47 Å². The lowest BCUT2D eigenvalue weighted by atomic mass is 10.00. The van der Waals surface area contributed by atoms with Gasteiger partial charge >= 0.3 is 12.1 Å². The molecule has 0 fully saturated rings. The van der Waals surface area contributed by atoms with E-state index in [-0.39, 0.29) is 25.0 Å². The normalized spacial score (nSPS) is 15.0. The van der Waals surface area contributed by atoms with E-state index in [1.807, 2.05) is 44.2 Å². The van der Waals surface area contributed by atoms with Crippen LogP contribution in [0.3, 0.4) is 0 Å². The number of carboxylic acid groups (broad SMARTS) is 1. The Labute approximate surface area is 155 Å². The van der Waals surface area contributed by atoms with Crippen LogP contribution in [0, 0.1) is 5.92 Å². The molecule has 1 aromatic rings. The Bertz CT molecular complexity index is 567. The summed E-state index contributed by atoms with van der Waals surface area (Å²) >= 11 is 0. The Kier molecular flexibility index (Phi) is 8.58. The molecule has 0 bridgehead atoms. The monoisotopic (exact) mass is 365 g/mol. The molecule has 0 aromatic heterocycles. The van der Waals surface area contributed by atoms with E-state index in [0.717, 1.165) is 12.0 Å². The zero-order valence-corrected chi connectivity index (χ0v) is 16.3. The SMILES string of the molecule is CC[C@H](C)[C@@H](CO[C@@H](Cc1ccccc1)C(=O)O)NC(=O)OC(C)(C)C. The zero-order chi connectivity index (χ0) is 19.7. The maximum Gasteiger partial charge on any atom is 0.407 e. The zero-order valence-electron chi connectivity index (χ0n) is 16.3. The molecule has 3 atom stereocenters. The van der Waals surface area contributed by atoms with Crippen LogP contribution in [0.2, 0.25) is 0 Å². The highest BCUT2D eigenvalue weighted by Crippen LogP contribution is 2.13. The number of rotatable bonds is 9. The molecule has 0 unspecified atom stereocenters. The summed E-state index contributed by atoms with van der Waals surface area (Å²) in [7, 11) is 0. The van der Waals surface area contributed by atoms with Gasteiger partial charge in [0.1, 0.15) is 5.60 Å². The third-order valence-corrected chi connectivity index (χ3v) is 4.05. The van der Waals surface area contributed by atoms with Crippen LogP contribution >= 0.6 is 0 Å². The van der Waals surface area contributed by atoms with Gasteiger partial charge < -0.3 is 19.9 Å². The summed E-state index contributed by atoms with van der Waals surface area (Å²) in [4.78, 5) is 23.6. The molecule has 0 aliphatic carbocycles. The van der Waals surface area contributed by atoms with Gasteiger partial charge in [0.15, 0.2) is 6.10 Å². The fourth-order valence-electron chi connectivity index (χ4n) is 2.36. The first kappa shape index (κ1) is 22.0. The predicted molar refractivity (Wildman–Crippen MR) is 100 cm³/mol. The minimum Gasteiger partial charge on any atom is -0.479 e. The van der Waals surface area contributed by atoms with E-state index in [1.165, 1.54) is 0 Å². The fraction of sp³-hybridized carbons (Fsp3) is 0.600. The molecular weight excluding hydrogens is 334 g/mol. The number of carboxylic acids is 1. The van der Waals surface area contributed by atoms with Gasteiger partial charge in [0, 0.05) is 6.42 Å². The van der Waals surface area contributed by atoms with Crippen LogP contribution in [-0.2, 0) is 20.7 Å². The summed E-state index contributed by atoms with van der Waals surface area (Å²) < 4.78 is 10.9. The summed E-state index contributed by atoms with van der Waals surface area (Å²) in [5.74, 6) is -0.900. The molecule has 6 nitrogen and oxygen atoms in total. The molecule has 0 spiro atoms. The highest BCUT2D eigenvalue weighted by molar-refractivity contribution is 5.72. The fourth-order valence-corrected chi connectivity index (χ4v) is 2.36. The first-order valence-electron chi connectivity index (χ1n) is 9.00. The lowest BCUT2D eigenvalue weighted by molar-refractivity contribution is -0.151. The first-order valence-corrected chi connectivity index (χ1v) is 9.00. The molecule has 0 heterocycles. The molecule has 146 valence electrons. The Morgan fingerprint density at radius 3 is 2.31 bits per heavy atom. The van der Waals surface area contributed by atoms with Crippen LogP contribution in [0.4, 0.5) is 4.79 Å². The first-order chi connectivity index (χ1) is 12.1. The number of benzene rings is 1. The Balaban J connectivity index is 2.70. The second-order valence-corrected chi connectivity index (χ2v) is 7.49. The molecule has 0 aliphatic heterocycles. The van der Waals surface area contributed by atoms with Gasteiger partial charge in [-0.15, -0.1) is 0 Å². The largest absolute Gasteiger partial charge is 0.479 e. The van der Waals surface area contributed by atoms with Gasteiger partial charge in [-0.3, -0.25) is 0 Å². The summed E-state index contributed by atoms with van der Waals surface area (Å²) in [5, 5.41) is 12.2. The summed E-state index contributed by atoms with van der Waals surface area (Å²) in [6, 6.07) is 9.01. The molecule has 0 saturated heterocycles. The third kappa shape index (κ3) is 8.34. The standard InChI is InChI=1S/C20H31NO5/c1-6-14(2)16(21-19(24)26-20(3,4)5)13-25-17(18(22)23)12-15-10-8-7-9-11-15/h7-11,14,16-17H,6,12-13H2,1-5H3,(H,21,24)(H,22,23)/t14-,16+,17-/m0/s1. The Hall–Kier alpha value is -2.08. The van der Waals surface area contributed by atoms with E-state index >= 15 is 0 Å². The number of aliphatic carboxylic acids is 1. The molecule has 1 rings (SSSR count). The van der Waals surface area contributed by atoms with Crippen LogP contribution in [0.5, 0.6) is 0 Å². The minimum atomic E-state index is -1.02. The lowest BCUT2D eigenvalue weighted by Crippen LogP contribution is -2.46. The van der Waals surface area contributed by atoms with Gasteiger partial charge in [0.25, 0.3) is 0 Å². The highest BCUT2D eigenvalue weighted by atomic mass is 16.6. The van der Waals surface area contributed by atoms with Crippen LogP contribution < -0.4 is 5.32 Å². The number of amides is 1. The quantitative estimate of drug-likeness (QED) is 0.698. The van der Waals surface area contributed by atoms with E-state index < -0.39 is 23.8 Å². The average molecular weight is 365 g/mol. The number of alkyl carbamates (subject to hydrolysis) is 1. The van der Waals surface area contributed by atoms with Crippen molar-refractivity contribution < 1.29 is 24.2 Å². The van der Waals surface area contributed by atoms with Crippen LogP contribution in [0.25, 0.3) is 0 Å². The Morgan fingerprint density at radius 2 is 1.81 bits per heavy atom. The molecule has 6 heteroatoms. The van der Waals surface area contributed by atoms with Crippen molar-refractivity contribution in [2.75, 3.05) is 6.61 Å². The summed E-state index contributed by atoms with van der Waals surface area (Å²) in [6.07, 6.45) is -0.401. The average Bonchev–Trinajstić information content (AvgIpc) is 2.55. The van der Waals surface area contributed by atoms with Crippen molar-refractivity contribution in [1.29, 1.82) is 0 Å². The molecular formula is C20H31NO5. The number of carbonyl (C=O) groups is 2. The van der Waals surface area contributed by atoms with Crippen molar-refractivity contribution >= 4 is 12.1 Å². The number of hydrogen-bond acceptors (Lipinski definition) is 4. The maximum atomic E-state index is 12.1. The van der Waals surface area contributed by atoms with Gasteiger partial charge in [-0.05, 0) is 32.3 Å². The van der Waals surface area contributed by atoms with Crippen LogP contribution in [-0.4, -0.2) is 41.5 Å². The van der Waals surface area contributed by atoms with E-state index in [1.54, 1.807) is 20.8 Å². The second kappa shape index (κ2) is 10.2. The van der Waals surface area contributed by atoms with Gasteiger partial charge in [-0.2, -0.15) is 0 Å². The van der Waals surface area contributed by atoms with Crippen molar-refractivity contribution in [3.05, 3.63) is 35.9 Å². The molecule has 0 radical (unpaired) electrons. The Morgan fingerprint density at radius 1 is 1.19 bits per heavy atom. The number of hydrogen-bond donors (Lipinski definition) is 2. The maximum absolute atomic E-state index is 12.1. The van der Waals surface area contributed by atoms with Gasteiger partial charge in [0.05, 0.1) is 12.6 Å². The van der Waals surface area contributed by atoms with Crippen LogP contribution in [0.15, 0.2) is 30.3 Å². The van der Waals surface area contributed by atoms with Crippen molar-refractivity contribution in [3.8, 4) is 0 Å². The van der Waals surface area contributed by atoms with Gasteiger partial charge in [-0.1, -0.05) is 50.6 Å². The molecule has 0 saturated carbocycles. The minimum absolute atomic E-state index is 0.109. The van der Waals surface area contributed by atoms with E-state index in [0.29, 0.717) is 0 Å². The topological polar surface area (TPSA) is 84.9 Å². The van der Waals surface area contributed by atoms with Crippen molar-refractivity contribution in [3.63, 3.8) is 0 Å². The van der Waals surface area contributed by atoms with Crippen molar-refractivity contribution in [2.45, 2.75) is 65.2 Å². The number of nitrogens with one attached hydrogen (secondary N) is 1. The highest BCUT2D eigenvalue weighted by Gasteiger charge is 2.26. The van der Waals surface area contributed by atoms with Crippen molar-refractivity contribution in [1.82, 2.24) is 5.32 Å². The van der Waals surface area contributed by atoms with Gasteiger partial charge in [0.2, 0.25) is 0 Å². The summed E-state index contributed by atoms with van der Waals surface area (Å²) in [5.41, 5.74) is 0.294. The third-order valence-electron chi connectivity index (χ3n) is 4.05. The van der Waals surface area contributed by atoms with Gasteiger partial charge in [-0.25, -0.2) is 9.59 Å². The van der Waals surface area contributed by atoms with E-state index in [9.17, 15) is 14.7 Å². The van der Waals surface area contributed by atoms with E-state index in [2.05, 4.69) is 5.32 Å². The molecule has 0 aliphatic rings. The molecule has 26 heavy (non-hydrogen) atoms. The van der Waals surface area contributed by atoms with Crippen molar-refractivity contribution in [2.24, 2.45) is 5.92 Å². The smallest absolute Gasteiger partial charge is 0.407 e.